The van der Waals surface area contributed by atoms with Gasteiger partial charge >= 0.3 is 0 Å². The van der Waals surface area contributed by atoms with Gasteiger partial charge in [-0.15, -0.1) is 0 Å². The first kappa shape index (κ1) is 19.6. The minimum atomic E-state index is 0.00137. The molecule has 3 aromatic rings. The Morgan fingerprint density at radius 2 is 1.97 bits per heavy atom. The molecule has 0 spiro atoms. The van der Waals surface area contributed by atoms with Gasteiger partial charge < -0.3 is 14.8 Å². The standard InChI is InChI=1S/C23H27N5S/c1-15(2)28-16(3)12-19(17(28)4)22-21(20-9-5-6-11-25-20)26-23(29)27(22)14-18-8-7-10-24-13-18/h5-13,15,21-22H,14H2,1-4H3,(H,26,29)/t21-,22+/m1/s1. The highest BCUT2D eigenvalue weighted by Gasteiger charge is 2.41. The molecule has 0 saturated carbocycles. The first-order valence-corrected chi connectivity index (χ1v) is 10.4. The lowest BCUT2D eigenvalue weighted by Crippen LogP contribution is -2.29. The van der Waals surface area contributed by atoms with Crippen molar-refractivity contribution in [2.24, 2.45) is 0 Å². The van der Waals surface area contributed by atoms with Crippen LogP contribution in [-0.2, 0) is 6.54 Å². The van der Waals surface area contributed by atoms with Gasteiger partial charge in [0.05, 0.1) is 17.8 Å². The minimum absolute atomic E-state index is 0.00137. The quantitative estimate of drug-likeness (QED) is 0.626. The monoisotopic (exact) mass is 405 g/mol. The van der Waals surface area contributed by atoms with Crippen LogP contribution in [0.3, 0.4) is 0 Å². The number of thiocarbonyl (C=S) groups is 1. The number of rotatable bonds is 5. The van der Waals surface area contributed by atoms with Crippen molar-refractivity contribution in [1.29, 1.82) is 0 Å². The van der Waals surface area contributed by atoms with Crippen LogP contribution in [0.4, 0.5) is 0 Å². The van der Waals surface area contributed by atoms with E-state index < -0.39 is 0 Å². The predicted octanol–water partition coefficient (Wildman–Crippen LogP) is 4.65. The van der Waals surface area contributed by atoms with Crippen LogP contribution >= 0.6 is 12.2 Å². The van der Waals surface area contributed by atoms with Crippen molar-refractivity contribution >= 4 is 17.3 Å². The number of hydrogen-bond acceptors (Lipinski definition) is 3. The number of aromatic nitrogens is 3. The predicted molar refractivity (Wildman–Crippen MR) is 120 cm³/mol. The second-order valence-electron chi connectivity index (χ2n) is 7.91. The topological polar surface area (TPSA) is 46.0 Å². The third-order valence-corrected chi connectivity index (χ3v) is 5.98. The van der Waals surface area contributed by atoms with Gasteiger partial charge in [-0.25, -0.2) is 0 Å². The second-order valence-corrected chi connectivity index (χ2v) is 8.29. The maximum Gasteiger partial charge on any atom is 0.170 e. The summed E-state index contributed by atoms with van der Waals surface area (Å²) in [6, 6.07) is 12.9. The number of nitrogens with one attached hydrogen (secondary N) is 1. The lowest BCUT2D eigenvalue weighted by Gasteiger charge is -2.28. The molecule has 1 aliphatic heterocycles. The average molecular weight is 406 g/mol. The van der Waals surface area contributed by atoms with Crippen molar-refractivity contribution in [3.63, 3.8) is 0 Å². The molecule has 0 aromatic carbocycles. The van der Waals surface area contributed by atoms with Gasteiger partial charge in [0.1, 0.15) is 0 Å². The summed E-state index contributed by atoms with van der Waals surface area (Å²) >= 11 is 5.79. The first-order valence-electron chi connectivity index (χ1n) is 10.0. The molecular weight excluding hydrogens is 378 g/mol. The molecule has 0 unspecified atom stereocenters. The van der Waals surface area contributed by atoms with Gasteiger partial charge in [-0.3, -0.25) is 9.97 Å². The van der Waals surface area contributed by atoms with Crippen LogP contribution in [0, 0.1) is 13.8 Å². The van der Waals surface area contributed by atoms with Crippen LogP contribution in [0.5, 0.6) is 0 Å². The molecule has 2 atom stereocenters. The molecule has 4 rings (SSSR count). The van der Waals surface area contributed by atoms with Gasteiger partial charge in [0.2, 0.25) is 0 Å². The Balaban J connectivity index is 1.81. The molecule has 5 nitrogen and oxygen atoms in total. The second kappa shape index (κ2) is 7.95. The van der Waals surface area contributed by atoms with E-state index in [1.807, 2.05) is 30.6 Å². The van der Waals surface area contributed by atoms with E-state index in [1.165, 1.54) is 17.0 Å². The highest BCUT2D eigenvalue weighted by atomic mass is 32.1. The van der Waals surface area contributed by atoms with E-state index in [9.17, 15) is 0 Å². The smallest absolute Gasteiger partial charge is 0.170 e. The summed E-state index contributed by atoms with van der Waals surface area (Å²) in [5.74, 6) is 0. The van der Waals surface area contributed by atoms with Crippen LogP contribution in [0.25, 0.3) is 0 Å². The molecule has 1 fully saturated rings. The molecule has 6 heteroatoms. The summed E-state index contributed by atoms with van der Waals surface area (Å²) in [7, 11) is 0. The Morgan fingerprint density at radius 3 is 2.59 bits per heavy atom. The van der Waals surface area contributed by atoms with Crippen LogP contribution in [0.15, 0.2) is 55.0 Å². The van der Waals surface area contributed by atoms with Crippen molar-refractivity contribution in [2.75, 3.05) is 0 Å². The molecule has 0 aliphatic carbocycles. The zero-order valence-corrected chi connectivity index (χ0v) is 18.1. The van der Waals surface area contributed by atoms with E-state index in [4.69, 9.17) is 12.2 Å². The van der Waals surface area contributed by atoms with Gasteiger partial charge in [-0.2, -0.15) is 0 Å². The summed E-state index contributed by atoms with van der Waals surface area (Å²) in [5, 5.41) is 4.29. The van der Waals surface area contributed by atoms with E-state index in [2.05, 4.69) is 70.6 Å². The molecule has 29 heavy (non-hydrogen) atoms. The van der Waals surface area contributed by atoms with Gasteiger partial charge in [0.15, 0.2) is 5.11 Å². The van der Waals surface area contributed by atoms with Crippen LogP contribution in [0.1, 0.15) is 60.2 Å². The van der Waals surface area contributed by atoms with Crippen LogP contribution in [0.2, 0.25) is 0 Å². The average Bonchev–Trinajstić information content (AvgIpc) is 3.19. The molecule has 0 bridgehead atoms. The van der Waals surface area contributed by atoms with E-state index in [0.717, 1.165) is 16.4 Å². The molecule has 1 saturated heterocycles. The SMILES string of the molecule is Cc1cc([C@H]2[C@@H](c3ccccn3)NC(=S)N2Cc2cccnc2)c(C)n1C(C)C. The van der Waals surface area contributed by atoms with Gasteiger partial charge in [-0.05, 0) is 75.3 Å². The highest BCUT2D eigenvalue weighted by molar-refractivity contribution is 7.80. The van der Waals surface area contributed by atoms with E-state index in [1.54, 1.807) is 6.20 Å². The fourth-order valence-corrected chi connectivity index (χ4v) is 4.80. The Bertz CT molecular complexity index is 997. The molecule has 0 radical (unpaired) electrons. The summed E-state index contributed by atoms with van der Waals surface area (Å²) in [6.07, 6.45) is 5.55. The highest BCUT2D eigenvalue weighted by Crippen LogP contribution is 2.42. The summed E-state index contributed by atoms with van der Waals surface area (Å²) < 4.78 is 2.40. The maximum atomic E-state index is 5.79. The molecular formula is C23H27N5S. The Labute approximate surface area is 177 Å². The first-order chi connectivity index (χ1) is 14.0. The van der Waals surface area contributed by atoms with Crippen molar-refractivity contribution in [3.05, 3.63) is 83.2 Å². The minimum Gasteiger partial charge on any atom is -0.352 e. The zero-order chi connectivity index (χ0) is 20.5. The number of aryl methyl sites for hydroxylation is 1. The summed E-state index contributed by atoms with van der Waals surface area (Å²) in [6.45, 7) is 9.55. The third-order valence-electron chi connectivity index (χ3n) is 5.63. The molecule has 150 valence electrons. The third kappa shape index (κ3) is 3.65. The Kier molecular flexibility index (Phi) is 5.37. The number of hydrogen-bond donors (Lipinski definition) is 1. The van der Waals surface area contributed by atoms with Gasteiger partial charge in [0.25, 0.3) is 0 Å². The molecule has 0 amide bonds. The molecule has 1 N–H and O–H groups in total. The fourth-order valence-electron chi connectivity index (χ4n) is 4.50. The zero-order valence-electron chi connectivity index (χ0n) is 17.3. The normalized spacial score (nSPS) is 19.1. The molecule has 3 aromatic heterocycles. The Hall–Kier alpha value is -2.73. The van der Waals surface area contributed by atoms with Crippen molar-refractivity contribution in [1.82, 2.24) is 24.8 Å². The van der Waals surface area contributed by atoms with E-state index >= 15 is 0 Å². The lowest BCUT2D eigenvalue weighted by atomic mass is 9.96. The largest absolute Gasteiger partial charge is 0.352 e. The number of pyridine rings is 2. The van der Waals surface area contributed by atoms with E-state index in [0.29, 0.717) is 12.6 Å². The lowest BCUT2D eigenvalue weighted by molar-refractivity contribution is 0.309. The summed E-state index contributed by atoms with van der Waals surface area (Å²) in [5.41, 5.74) is 5.99. The van der Waals surface area contributed by atoms with Gasteiger partial charge in [0, 0.05) is 42.6 Å². The summed E-state index contributed by atoms with van der Waals surface area (Å²) in [4.78, 5) is 11.2. The fraction of sp³-hybridized carbons (Fsp3) is 0.348. The van der Waals surface area contributed by atoms with Crippen molar-refractivity contribution < 1.29 is 0 Å². The van der Waals surface area contributed by atoms with Crippen molar-refractivity contribution in [2.45, 2.75) is 52.4 Å². The van der Waals surface area contributed by atoms with Gasteiger partial charge in [-0.1, -0.05) is 12.1 Å². The molecule has 4 heterocycles. The van der Waals surface area contributed by atoms with E-state index in [-0.39, 0.29) is 12.1 Å². The maximum absolute atomic E-state index is 5.79. The number of nitrogens with zero attached hydrogens (tertiary/aromatic N) is 4. The molecule has 1 aliphatic rings. The Morgan fingerprint density at radius 1 is 1.14 bits per heavy atom. The van der Waals surface area contributed by atoms with Crippen LogP contribution in [-0.4, -0.2) is 24.5 Å². The van der Waals surface area contributed by atoms with Crippen molar-refractivity contribution in [3.8, 4) is 0 Å². The van der Waals surface area contributed by atoms with Crippen LogP contribution < -0.4 is 5.32 Å².